The molecule has 1 unspecified atom stereocenters. The molecule has 1 fully saturated rings. The van der Waals surface area contributed by atoms with Gasteiger partial charge < -0.3 is 11.1 Å². The van der Waals surface area contributed by atoms with Gasteiger partial charge >= 0.3 is 10.2 Å². The highest BCUT2D eigenvalue weighted by Crippen LogP contribution is 3.02. The summed E-state index contributed by atoms with van der Waals surface area (Å²) in [6.07, 6.45) is -1.05. The summed E-state index contributed by atoms with van der Waals surface area (Å²) >= 11 is 11.5. The molecule has 1 aromatic carbocycles. The Morgan fingerprint density at radius 3 is 2.06 bits per heavy atom. The van der Waals surface area contributed by atoms with Crippen LogP contribution in [0.2, 0.25) is 10.0 Å². The van der Waals surface area contributed by atoms with Crippen LogP contribution in [0.25, 0.3) is 5.69 Å². The van der Waals surface area contributed by atoms with Crippen molar-refractivity contribution >= 4 is 45.2 Å². The van der Waals surface area contributed by atoms with Crippen molar-refractivity contribution < 1.29 is 33.0 Å². The second kappa shape index (κ2) is 5.90. The zero-order chi connectivity index (χ0) is 23.8. The van der Waals surface area contributed by atoms with Gasteiger partial charge in [0.1, 0.15) is 27.9 Å². The van der Waals surface area contributed by atoms with Gasteiger partial charge in [-0.25, -0.2) is 13.5 Å². The molecular formula is C15H10Cl2F7N5OS. The van der Waals surface area contributed by atoms with Gasteiger partial charge in [0.2, 0.25) is 5.91 Å². The van der Waals surface area contributed by atoms with Crippen LogP contribution < -0.4 is 11.1 Å². The Labute approximate surface area is 179 Å². The highest BCUT2D eigenvalue weighted by molar-refractivity contribution is 8.45. The fourth-order valence-corrected chi connectivity index (χ4v) is 4.67. The predicted octanol–water partition coefficient (Wildman–Crippen LogP) is 5.51. The van der Waals surface area contributed by atoms with Gasteiger partial charge in [0.05, 0.1) is 15.6 Å². The first kappa shape index (κ1) is 23.3. The Kier molecular flexibility index (Phi) is 4.43. The average Bonchev–Trinajstić information content (AvgIpc) is 3.00. The van der Waals surface area contributed by atoms with Gasteiger partial charge in [-0.15, -0.1) is 0 Å². The fourth-order valence-electron chi connectivity index (χ4n) is 3.21. The van der Waals surface area contributed by atoms with Gasteiger partial charge in [0, 0.05) is 13.5 Å². The van der Waals surface area contributed by atoms with E-state index < -0.39 is 71.6 Å². The highest BCUT2D eigenvalue weighted by Gasteiger charge is 2.78. The van der Waals surface area contributed by atoms with Crippen molar-refractivity contribution in [3.05, 3.63) is 33.4 Å². The van der Waals surface area contributed by atoms with E-state index in [0.29, 0.717) is 4.68 Å². The Bertz CT molecular complexity index is 1170. The number of nitriles is 1. The molecule has 2 aromatic rings. The third kappa shape index (κ3) is 3.44. The number of halogens is 9. The summed E-state index contributed by atoms with van der Waals surface area (Å²) in [7, 11) is -8.99. The second-order valence-electron chi connectivity index (χ2n) is 6.70. The average molecular weight is 512 g/mol. The standard InChI is InChI=1S/C15H10Cl2F7N5OS/c1-27-12-10(14(13(26)30)5-15(14,18)19)9(4-25)28-29(12)11-7(16)2-6(3-8(11)17)31(20,21,22,23)24/h2-3,27H,5H2,1H3,(H2,26,30). The van der Waals surface area contributed by atoms with Crippen LogP contribution in [-0.2, 0) is 10.2 Å². The number of nitrogens with zero attached hydrogens (tertiary/aromatic N) is 3. The van der Waals surface area contributed by atoms with E-state index in [9.17, 15) is 38.3 Å². The van der Waals surface area contributed by atoms with Crippen molar-refractivity contribution in [3.63, 3.8) is 0 Å². The molecule has 0 spiro atoms. The zero-order valence-corrected chi connectivity index (χ0v) is 17.3. The number of nitrogens with one attached hydrogen (secondary N) is 1. The number of carbonyl (C=O) groups excluding carboxylic acids is 1. The number of benzene rings is 1. The SMILES string of the molecule is CNc1c(C2(C(N)=O)CC2(F)F)c(C#N)nn1-c1c(Cl)cc(S(F)(F)(F)(F)F)cc1Cl. The number of hydrogen-bond acceptors (Lipinski definition) is 4. The molecule has 3 rings (SSSR count). The fraction of sp³-hybridized carbons (Fsp3) is 0.267. The van der Waals surface area contributed by atoms with Gasteiger partial charge in [0.25, 0.3) is 5.92 Å². The molecule has 1 heterocycles. The summed E-state index contributed by atoms with van der Waals surface area (Å²) in [5.74, 6) is -5.57. The van der Waals surface area contributed by atoms with E-state index in [1.54, 1.807) is 0 Å². The van der Waals surface area contributed by atoms with Crippen molar-refractivity contribution in [2.75, 3.05) is 12.4 Å². The van der Waals surface area contributed by atoms with Crippen LogP contribution in [0.4, 0.5) is 34.0 Å². The van der Waals surface area contributed by atoms with Crippen LogP contribution in [-0.4, -0.2) is 28.7 Å². The Balaban J connectivity index is 2.34. The summed E-state index contributed by atoms with van der Waals surface area (Å²) in [6, 6.07) is 1.28. The number of alkyl halides is 2. The molecule has 1 amide bonds. The van der Waals surface area contributed by atoms with E-state index in [1.165, 1.54) is 6.07 Å². The van der Waals surface area contributed by atoms with E-state index in [1.807, 2.05) is 0 Å². The largest absolute Gasteiger partial charge is 0.373 e. The molecular weight excluding hydrogens is 502 g/mol. The minimum atomic E-state index is -10.2. The second-order valence-corrected chi connectivity index (χ2v) is 9.92. The van der Waals surface area contributed by atoms with E-state index in [0.717, 1.165) is 7.05 Å². The molecule has 1 atom stereocenters. The van der Waals surface area contributed by atoms with Crippen molar-refractivity contribution in [2.24, 2.45) is 5.73 Å². The third-order valence-electron chi connectivity index (χ3n) is 4.71. The third-order valence-corrected chi connectivity index (χ3v) is 6.41. The lowest BCUT2D eigenvalue weighted by atomic mass is 9.93. The van der Waals surface area contributed by atoms with Crippen LogP contribution >= 0.6 is 33.4 Å². The first-order valence-corrected chi connectivity index (χ1v) is 10.6. The molecule has 1 aromatic heterocycles. The molecule has 31 heavy (non-hydrogen) atoms. The summed E-state index contributed by atoms with van der Waals surface area (Å²) in [5.41, 5.74) is 0.564. The number of primary amides is 1. The highest BCUT2D eigenvalue weighted by atomic mass is 35.5. The molecule has 170 valence electrons. The molecule has 6 nitrogen and oxygen atoms in total. The number of nitrogens with two attached hydrogens (primary N) is 1. The van der Waals surface area contributed by atoms with Crippen LogP contribution in [0.15, 0.2) is 17.0 Å². The summed E-state index contributed by atoms with van der Waals surface area (Å²) in [5, 5.41) is 13.5. The Morgan fingerprint density at radius 2 is 1.74 bits per heavy atom. The summed E-state index contributed by atoms with van der Waals surface area (Å²) in [4.78, 5) is 9.46. The molecule has 0 aliphatic heterocycles. The van der Waals surface area contributed by atoms with Crippen LogP contribution in [0.3, 0.4) is 0 Å². The molecule has 1 aliphatic rings. The molecule has 0 saturated heterocycles. The number of carbonyl (C=O) groups is 1. The van der Waals surface area contributed by atoms with E-state index in [2.05, 4.69) is 10.4 Å². The molecule has 0 radical (unpaired) electrons. The van der Waals surface area contributed by atoms with Crippen molar-refractivity contribution in [2.45, 2.75) is 22.7 Å². The maximum absolute atomic E-state index is 14.1. The predicted molar refractivity (Wildman–Crippen MR) is 99.7 cm³/mol. The molecule has 16 heteroatoms. The first-order valence-electron chi connectivity index (χ1n) is 7.93. The van der Waals surface area contributed by atoms with Crippen molar-refractivity contribution in [3.8, 4) is 11.8 Å². The monoisotopic (exact) mass is 511 g/mol. The smallest absolute Gasteiger partial charge is 0.310 e. The van der Waals surface area contributed by atoms with Crippen molar-refractivity contribution in [1.29, 1.82) is 5.26 Å². The van der Waals surface area contributed by atoms with Crippen LogP contribution in [0.1, 0.15) is 17.7 Å². The molecule has 1 aliphatic carbocycles. The molecule has 0 bridgehead atoms. The summed E-state index contributed by atoms with van der Waals surface area (Å²) < 4.78 is 94.4. The quantitative estimate of drug-likeness (QED) is 0.517. The van der Waals surface area contributed by atoms with E-state index in [4.69, 9.17) is 28.9 Å². The zero-order valence-electron chi connectivity index (χ0n) is 15.0. The number of hydrogen-bond donors (Lipinski definition) is 2. The number of amides is 1. The van der Waals surface area contributed by atoms with Crippen LogP contribution in [0, 0.1) is 11.3 Å². The lowest BCUT2D eigenvalue weighted by molar-refractivity contribution is -0.122. The number of aromatic nitrogens is 2. The number of anilines is 1. The number of rotatable bonds is 5. The summed E-state index contributed by atoms with van der Waals surface area (Å²) in [6.45, 7) is 0. The van der Waals surface area contributed by atoms with Crippen molar-refractivity contribution in [1.82, 2.24) is 9.78 Å². The maximum Gasteiger partial charge on any atom is 0.310 e. The van der Waals surface area contributed by atoms with Gasteiger partial charge in [-0.3, -0.25) is 4.79 Å². The normalized spacial score (nSPS) is 22.2. The molecule has 3 N–H and O–H groups in total. The van der Waals surface area contributed by atoms with Crippen LogP contribution in [0.5, 0.6) is 0 Å². The van der Waals surface area contributed by atoms with E-state index >= 15 is 0 Å². The minimum Gasteiger partial charge on any atom is -0.373 e. The topological polar surface area (TPSA) is 96.7 Å². The first-order chi connectivity index (χ1) is 13.8. The maximum atomic E-state index is 14.1. The molecule has 1 saturated carbocycles. The van der Waals surface area contributed by atoms with Gasteiger partial charge in [0.15, 0.2) is 5.69 Å². The van der Waals surface area contributed by atoms with Gasteiger partial charge in [-0.05, 0) is 12.1 Å². The Morgan fingerprint density at radius 1 is 1.26 bits per heavy atom. The minimum absolute atomic E-state index is 0.104. The van der Waals surface area contributed by atoms with E-state index in [-0.39, 0.29) is 12.1 Å². The lowest BCUT2D eigenvalue weighted by Gasteiger charge is -2.40. The van der Waals surface area contributed by atoms with Gasteiger partial charge in [-0.2, -0.15) is 10.4 Å². The van der Waals surface area contributed by atoms with Gasteiger partial charge in [-0.1, -0.05) is 42.6 Å². The lowest BCUT2D eigenvalue weighted by Crippen LogP contribution is -2.35. The Hall–Kier alpha value is -2.37.